The van der Waals surface area contributed by atoms with Gasteiger partial charge in [0.05, 0.1) is 12.2 Å². The number of carbonyl (C=O) groups excluding carboxylic acids is 1. The van der Waals surface area contributed by atoms with Gasteiger partial charge in [0.25, 0.3) is 5.91 Å². The first-order chi connectivity index (χ1) is 12.2. The van der Waals surface area contributed by atoms with Gasteiger partial charge in [0.2, 0.25) is 0 Å². The normalized spacial score (nSPS) is 26.9. The molecule has 3 aliphatic rings. The molecule has 1 spiro atoms. The predicted molar refractivity (Wildman–Crippen MR) is 96.4 cm³/mol. The molecule has 1 amide bonds. The molecule has 0 aromatic carbocycles. The number of hydrogen-bond donors (Lipinski definition) is 0. The second-order valence-corrected chi connectivity index (χ2v) is 8.06. The number of rotatable bonds is 3. The van der Waals surface area contributed by atoms with Gasteiger partial charge in [-0.2, -0.15) is 0 Å². The van der Waals surface area contributed by atoms with Gasteiger partial charge in [-0.15, -0.1) is 0 Å². The summed E-state index contributed by atoms with van der Waals surface area (Å²) in [6.45, 7) is 7.33. The highest BCUT2D eigenvalue weighted by molar-refractivity contribution is 5.93. The van der Waals surface area contributed by atoms with Crippen LogP contribution in [0.5, 0.6) is 0 Å². The first-order valence-electron chi connectivity index (χ1n) is 9.74. The third kappa shape index (κ3) is 3.87. The minimum atomic E-state index is 0.140. The van der Waals surface area contributed by atoms with Crippen LogP contribution in [0.3, 0.4) is 0 Å². The third-order valence-corrected chi connectivity index (χ3v) is 6.48. The molecule has 3 fully saturated rings. The Hall–Kier alpha value is -1.46. The van der Waals surface area contributed by atoms with Gasteiger partial charge in [0.15, 0.2) is 0 Å². The Morgan fingerprint density at radius 1 is 1.20 bits per heavy atom. The number of pyridine rings is 1. The van der Waals surface area contributed by atoms with Crippen LogP contribution in [0, 0.1) is 11.3 Å². The van der Waals surface area contributed by atoms with E-state index in [2.05, 4.69) is 9.88 Å². The largest absolute Gasteiger partial charge is 0.381 e. The van der Waals surface area contributed by atoms with Crippen molar-refractivity contribution in [1.29, 1.82) is 0 Å². The monoisotopic (exact) mass is 343 g/mol. The maximum atomic E-state index is 12.6. The van der Waals surface area contributed by atoms with Gasteiger partial charge >= 0.3 is 0 Å². The van der Waals surface area contributed by atoms with Crippen molar-refractivity contribution < 1.29 is 9.53 Å². The number of aromatic nitrogens is 1. The van der Waals surface area contributed by atoms with Crippen molar-refractivity contribution in [1.82, 2.24) is 14.8 Å². The Morgan fingerprint density at radius 2 is 1.96 bits per heavy atom. The van der Waals surface area contributed by atoms with Crippen LogP contribution in [0.1, 0.15) is 42.5 Å². The third-order valence-electron chi connectivity index (χ3n) is 6.48. The molecule has 0 aliphatic carbocycles. The number of amides is 1. The second-order valence-electron chi connectivity index (χ2n) is 8.06. The second kappa shape index (κ2) is 7.42. The molecule has 136 valence electrons. The van der Waals surface area contributed by atoms with E-state index in [0.717, 1.165) is 45.1 Å². The number of nitrogens with zero attached hydrogens (tertiary/aromatic N) is 3. The number of piperidine rings is 2. The maximum absolute atomic E-state index is 12.6. The van der Waals surface area contributed by atoms with Gasteiger partial charge in [-0.25, -0.2) is 0 Å². The molecule has 25 heavy (non-hydrogen) atoms. The molecule has 0 unspecified atom stereocenters. The highest BCUT2D eigenvalue weighted by Crippen LogP contribution is 2.41. The van der Waals surface area contributed by atoms with Crippen LogP contribution in [0.15, 0.2) is 24.5 Å². The van der Waals surface area contributed by atoms with E-state index >= 15 is 0 Å². The lowest BCUT2D eigenvalue weighted by Crippen LogP contribution is -2.48. The molecule has 5 heteroatoms. The van der Waals surface area contributed by atoms with Gasteiger partial charge in [-0.1, -0.05) is 0 Å². The van der Waals surface area contributed by atoms with E-state index in [1.54, 1.807) is 12.4 Å². The molecule has 3 aliphatic heterocycles. The molecule has 1 aromatic heterocycles. The van der Waals surface area contributed by atoms with Crippen LogP contribution in [0.2, 0.25) is 0 Å². The summed E-state index contributed by atoms with van der Waals surface area (Å²) >= 11 is 0. The summed E-state index contributed by atoms with van der Waals surface area (Å²) in [7, 11) is 0. The lowest BCUT2D eigenvalue weighted by Gasteiger charge is -2.47. The summed E-state index contributed by atoms with van der Waals surface area (Å²) in [5.41, 5.74) is 1.18. The lowest BCUT2D eigenvalue weighted by atomic mass is 9.71. The number of carbonyl (C=O) groups is 1. The average Bonchev–Trinajstić information content (AvgIpc) is 3.18. The van der Waals surface area contributed by atoms with E-state index < -0.39 is 0 Å². The number of hydrogen-bond acceptors (Lipinski definition) is 4. The zero-order valence-electron chi connectivity index (χ0n) is 15.0. The smallest absolute Gasteiger partial charge is 0.255 e. The first-order valence-corrected chi connectivity index (χ1v) is 9.74. The van der Waals surface area contributed by atoms with Gasteiger partial charge in [0.1, 0.15) is 0 Å². The quantitative estimate of drug-likeness (QED) is 0.846. The van der Waals surface area contributed by atoms with Crippen molar-refractivity contribution in [2.24, 2.45) is 11.3 Å². The van der Waals surface area contributed by atoms with E-state index in [4.69, 9.17) is 4.74 Å². The van der Waals surface area contributed by atoms with E-state index in [0.29, 0.717) is 11.0 Å². The molecule has 4 rings (SSSR count). The molecule has 0 N–H and O–H groups in total. The van der Waals surface area contributed by atoms with E-state index in [-0.39, 0.29) is 5.91 Å². The molecular weight excluding hydrogens is 314 g/mol. The summed E-state index contributed by atoms with van der Waals surface area (Å²) in [5, 5.41) is 0. The van der Waals surface area contributed by atoms with Gasteiger partial charge < -0.3 is 14.5 Å². The fourth-order valence-corrected chi connectivity index (χ4v) is 4.66. The van der Waals surface area contributed by atoms with Gasteiger partial charge in [0, 0.05) is 38.6 Å². The van der Waals surface area contributed by atoms with Crippen LogP contribution in [-0.2, 0) is 4.74 Å². The zero-order valence-corrected chi connectivity index (χ0v) is 15.0. The highest BCUT2D eigenvalue weighted by Gasteiger charge is 2.39. The Kier molecular flexibility index (Phi) is 5.04. The van der Waals surface area contributed by atoms with Gasteiger partial charge in [-0.05, 0) is 68.7 Å². The Bertz CT molecular complexity index is 568. The SMILES string of the molecule is O=C(c1cccnc1)N1CCC2(CCN(C[C@H]3CCOC3)CC2)CC1. The Balaban J connectivity index is 1.26. The average molecular weight is 343 g/mol. The topological polar surface area (TPSA) is 45.7 Å². The number of likely N-dealkylation sites (tertiary alicyclic amines) is 2. The van der Waals surface area contributed by atoms with Crippen molar-refractivity contribution >= 4 is 5.91 Å². The van der Waals surface area contributed by atoms with Crippen molar-refractivity contribution in [2.45, 2.75) is 32.1 Å². The molecular formula is C20H29N3O2. The Morgan fingerprint density at radius 3 is 2.60 bits per heavy atom. The first kappa shape index (κ1) is 17.0. The van der Waals surface area contributed by atoms with Crippen LogP contribution < -0.4 is 0 Å². The van der Waals surface area contributed by atoms with Crippen LogP contribution >= 0.6 is 0 Å². The van der Waals surface area contributed by atoms with Crippen LogP contribution in [-0.4, -0.2) is 66.6 Å². The minimum absolute atomic E-state index is 0.140. The summed E-state index contributed by atoms with van der Waals surface area (Å²) in [6, 6.07) is 3.70. The van der Waals surface area contributed by atoms with Crippen molar-refractivity contribution in [3.63, 3.8) is 0 Å². The van der Waals surface area contributed by atoms with E-state index in [1.165, 1.54) is 38.9 Å². The molecule has 5 nitrogen and oxygen atoms in total. The summed E-state index contributed by atoms with van der Waals surface area (Å²) in [5.74, 6) is 0.884. The summed E-state index contributed by atoms with van der Waals surface area (Å²) in [6.07, 6.45) is 9.50. The fourth-order valence-electron chi connectivity index (χ4n) is 4.66. The molecule has 0 bridgehead atoms. The number of ether oxygens (including phenoxy) is 1. The predicted octanol–water partition coefficient (Wildman–Crippen LogP) is 2.44. The van der Waals surface area contributed by atoms with Crippen molar-refractivity contribution in [3.05, 3.63) is 30.1 Å². The fraction of sp³-hybridized carbons (Fsp3) is 0.700. The highest BCUT2D eigenvalue weighted by atomic mass is 16.5. The summed E-state index contributed by atoms with van der Waals surface area (Å²) < 4.78 is 5.51. The molecule has 1 atom stereocenters. The molecule has 4 heterocycles. The molecule has 1 aromatic rings. The van der Waals surface area contributed by atoms with Crippen molar-refractivity contribution in [2.75, 3.05) is 45.9 Å². The van der Waals surface area contributed by atoms with Gasteiger partial charge in [-0.3, -0.25) is 9.78 Å². The van der Waals surface area contributed by atoms with Crippen molar-refractivity contribution in [3.8, 4) is 0 Å². The maximum Gasteiger partial charge on any atom is 0.255 e. The van der Waals surface area contributed by atoms with Crippen LogP contribution in [0.4, 0.5) is 0 Å². The standard InChI is InChI=1S/C20H29N3O2/c24-19(18-2-1-8-21-14-18)23-11-6-20(7-12-23)4-9-22(10-5-20)15-17-3-13-25-16-17/h1-2,8,14,17H,3-7,9-13,15-16H2/t17-/m1/s1. The summed E-state index contributed by atoms with van der Waals surface area (Å²) in [4.78, 5) is 21.3. The minimum Gasteiger partial charge on any atom is -0.381 e. The molecule has 3 saturated heterocycles. The molecule has 0 saturated carbocycles. The molecule has 0 radical (unpaired) electrons. The van der Waals surface area contributed by atoms with E-state index in [9.17, 15) is 4.79 Å². The lowest BCUT2D eigenvalue weighted by molar-refractivity contribution is 0.0264. The van der Waals surface area contributed by atoms with E-state index in [1.807, 2.05) is 17.0 Å². The Labute approximate surface area is 150 Å². The van der Waals surface area contributed by atoms with Crippen LogP contribution in [0.25, 0.3) is 0 Å². The zero-order chi connectivity index (χ0) is 17.1.